The van der Waals surface area contributed by atoms with Crippen molar-refractivity contribution in [3.05, 3.63) is 0 Å². The van der Waals surface area contributed by atoms with Gasteiger partial charge in [0.15, 0.2) is 0 Å². The fourth-order valence-corrected chi connectivity index (χ4v) is 1.63. The van der Waals surface area contributed by atoms with E-state index in [-0.39, 0.29) is 17.8 Å². The molecule has 0 aromatic carbocycles. The fourth-order valence-electron chi connectivity index (χ4n) is 1.63. The maximum absolute atomic E-state index is 8.88. The summed E-state index contributed by atoms with van der Waals surface area (Å²) in [7, 11) is 0. The molecule has 3 heteroatoms. The lowest BCUT2D eigenvalue weighted by Gasteiger charge is -2.31. The predicted octanol–water partition coefficient (Wildman–Crippen LogP) is 1.96. The van der Waals surface area contributed by atoms with Crippen LogP contribution < -0.4 is 5.32 Å². The molecule has 1 aliphatic rings. The zero-order valence-electron chi connectivity index (χ0n) is 7.76. The summed E-state index contributed by atoms with van der Waals surface area (Å²) in [6.07, 6.45) is 2.31. The van der Waals surface area contributed by atoms with E-state index in [9.17, 15) is 0 Å². The Bertz CT molecular complexity index is 166. The molecule has 0 saturated carbocycles. The van der Waals surface area contributed by atoms with Crippen LogP contribution in [0.5, 0.6) is 0 Å². The predicted molar refractivity (Wildman–Crippen MR) is 52.2 cm³/mol. The third-order valence-electron chi connectivity index (χ3n) is 2.65. The van der Waals surface area contributed by atoms with Crippen LogP contribution in [0.2, 0.25) is 0 Å². The Balaban J connectivity index is 0.00000121. The second kappa shape index (κ2) is 4.69. The zero-order valence-corrected chi connectivity index (χ0v) is 8.58. The van der Waals surface area contributed by atoms with Crippen LogP contribution in [0.3, 0.4) is 0 Å². The van der Waals surface area contributed by atoms with Crippen LogP contribution in [-0.4, -0.2) is 13.1 Å². The van der Waals surface area contributed by atoms with Gasteiger partial charge in [-0.3, -0.25) is 0 Å². The van der Waals surface area contributed by atoms with E-state index in [0.717, 1.165) is 25.9 Å². The van der Waals surface area contributed by atoms with Crippen molar-refractivity contribution in [1.82, 2.24) is 5.32 Å². The van der Waals surface area contributed by atoms with Crippen LogP contribution in [0.15, 0.2) is 0 Å². The topological polar surface area (TPSA) is 35.8 Å². The minimum atomic E-state index is -0.123. The highest BCUT2D eigenvalue weighted by molar-refractivity contribution is 5.85. The van der Waals surface area contributed by atoms with Crippen LogP contribution in [0.4, 0.5) is 0 Å². The van der Waals surface area contributed by atoms with Crippen molar-refractivity contribution in [3.8, 4) is 6.07 Å². The highest BCUT2D eigenvalue weighted by Crippen LogP contribution is 2.32. The molecule has 1 heterocycles. The summed E-state index contributed by atoms with van der Waals surface area (Å²) < 4.78 is 0. The van der Waals surface area contributed by atoms with Gasteiger partial charge in [0.2, 0.25) is 0 Å². The van der Waals surface area contributed by atoms with Crippen LogP contribution in [-0.2, 0) is 0 Å². The Morgan fingerprint density at radius 3 is 2.25 bits per heavy atom. The minimum Gasteiger partial charge on any atom is -0.317 e. The molecule has 0 aromatic heterocycles. The SMILES string of the molecule is CC(C)(C#N)C1CCNCC1.Cl. The monoisotopic (exact) mass is 188 g/mol. The molecular weight excluding hydrogens is 172 g/mol. The van der Waals surface area contributed by atoms with Gasteiger partial charge in [-0.2, -0.15) is 5.26 Å². The third kappa shape index (κ3) is 2.66. The van der Waals surface area contributed by atoms with E-state index in [4.69, 9.17) is 5.26 Å². The lowest BCUT2D eigenvalue weighted by atomic mass is 9.75. The lowest BCUT2D eigenvalue weighted by Crippen LogP contribution is -2.34. The summed E-state index contributed by atoms with van der Waals surface area (Å²) in [5.41, 5.74) is -0.123. The first kappa shape index (κ1) is 11.7. The summed E-state index contributed by atoms with van der Waals surface area (Å²) >= 11 is 0. The van der Waals surface area contributed by atoms with Crippen molar-refractivity contribution in [2.24, 2.45) is 11.3 Å². The van der Waals surface area contributed by atoms with Crippen molar-refractivity contribution in [1.29, 1.82) is 5.26 Å². The van der Waals surface area contributed by atoms with Gasteiger partial charge in [-0.05, 0) is 45.7 Å². The van der Waals surface area contributed by atoms with Gasteiger partial charge < -0.3 is 5.32 Å². The van der Waals surface area contributed by atoms with E-state index in [1.54, 1.807) is 0 Å². The molecule has 70 valence electrons. The van der Waals surface area contributed by atoms with Gasteiger partial charge >= 0.3 is 0 Å². The van der Waals surface area contributed by atoms with Crippen LogP contribution >= 0.6 is 12.4 Å². The van der Waals surface area contributed by atoms with E-state index in [0.29, 0.717) is 5.92 Å². The van der Waals surface area contributed by atoms with E-state index in [1.165, 1.54) is 0 Å². The smallest absolute Gasteiger partial charge is 0.0686 e. The molecule has 0 spiro atoms. The molecule has 0 aromatic rings. The van der Waals surface area contributed by atoms with Crippen molar-refractivity contribution in [3.63, 3.8) is 0 Å². The van der Waals surface area contributed by atoms with Gasteiger partial charge in [-0.1, -0.05) is 0 Å². The second-order valence-corrected chi connectivity index (χ2v) is 3.86. The van der Waals surface area contributed by atoms with Gasteiger partial charge in [0.1, 0.15) is 0 Å². The lowest BCUT2D eigenvalue weighted by molar-refractivity contribution is 0.228. The van der Waals surface area contributed by atoms with Crippen LogP contribution in [0.1, 0.15) is 26.7 Å². The average molecular weight is 189 g/mol. The Labute approximate surface area is 80.7 Å². The quantitative estimate of drug-likeness (QED) is 0.683. The molecule has 1 N–H and O–H groups in total. The number of hydrogen-bond acceptors (Lipinski definition) is 2. The van der Waals surface area contributed by atoms with E-state index < -0.39 is 0 Å². The number of rotatable bonds is 1. The second-order valence-electron chi connectivity index (χ2n) is 3.86. The van der Waals surface area contributed by atoms with Gasteiger partial charge in [0.05, 0.1) is 11.5 Å². The Kier molecular flexibility index (Phi) is 4.59. The maximum Gasteiger partial charge on any atom is 0.0686 e. The maximum atomic E-state index is 8.88. The van der Waals surface area contributed by atoms with Gasteiger partial charge in [-0.15, -0.1) is 12.4 Å². The van der Waals surface area contributed by atoms with Crippen LogP contribution in [0, 0.1) is 22.7 Å². The molecule has 0 bridgehead atoms. The molecule has 1 rings (SSSR count). The molecule has 1 aliphatic heterocycles. The molecule has 1 saturated heterocycles. The number of nitriles is 1. The molecule has 12 heavy (non-hydrogen) atoms. The molecule has 0 unspecified atom stereocenters. The standard InChI is InChI=1S/C9H16N2.ClH/c1-9(2,7-10)8-3-5-11-6-4-8;/h8,11H,3-6H2,1-2H3;1H. The highest BCUT2D eigenvalue weighted by atomic mass is 35.5. The van der Waals surface area contributed by atoms with Gasteiger partial charge in [0, 0.05) is 0 Å². The van der Waals surface area contributed by atoms with Crippen molar-refractivity contribution < 1.29 is 0 Å². The third-order valence-corrected chi connectivity index (χ3v) is 2.65. The van der Waals surface area contributed by atoms with Crippen molar-refractivity contribution in [2.75, 3.05) is 13.1 Å². The summed E-state index contributed by atoms with van der Waals surface area (Å²) in [4.78, 5) is 0. The first-order chi connectivity index (χ1) is 5.17. The summed E-state index contributed by atoms with van der Waals surface area (Å²) in [6.45, 7) is 6.25. The highest BCUT2D eigenvalue weighted by Gasteiger charge is 2.29. The molecule has 0 atom stereocenters. The first-order valence-corrected chi connectivity index (χ1v) is 4.29. The molecule has 2 nitrogen and oxygen atoms in total. The molecule has 1 fully saturated rings. The summed E-state index contributed by atoms with van der Waals surface area (Å²) in [6, 6.07) is 2.38. The number of piperidine rings is 1. The molecule has 0 amide bonds. The summed E-state index contributed by atoms with van der Waals surface area (Å²) in [5, 5.41) is 12.2. The molecular formula is C9H17ClN2. The Morgan fingerprint density at radius 2 is 1.83 bits per heavy atom. The van der Waals surface area contributed by atoms with Crippen molar-refractivity contribution >= 4 is 12.4 Å². The molecule has 0 radical (unpaired) electrons. The van der Waals surface area contributed by atoms with Crippen LogP contribution in [0.25, 0.3) is 0 Å². The summed E-state index contributed by atoms with van der Waals surface area (Å²) in [5.74, 6) is 0.591. The van der Waals surface area contributed by atoms with Gasteiger partial charge in [-0.25, -0.2) is 0 Å². The largest absolute Gasteiger partial charge is 0.317 e. The van der Waals surface area contributed by atoms with Gasteiger partial charge in [0.25, 0.3) is 0 Å². The van der Waals surface area contributed by atoms with E-state index >= 15 is 0 Å². The average Bonchev–Trinajstić information content (AvgIpc) is 2.06. The number of hydrogen-bond donors (Lipinski definition) is 1. The fraction of sp³-hybridized carbons (Fsp3) is 0.889. The number of halogens is 1. The van der Waals surface area contributed by atoms with E-state index in [2.05, 4.69) is 11.4 Å². The van der Waals surface area contributed by atoms with E-state index in [1.807, 2.05) is 13.8 Å². The number of nitrogens with zero attached hydrogens (tertiary/aromatic N) is 1. The minimum absolute atomic E-state index is 0. The number of nitrogens with one attached hydrogen (secondary N) is 1. The molecule has 0 aliphatic carbocycles. The Morgan fingerprint density at radius 1 is 1.33 bits per heavy atom. The normalized spacial score (nSPS) is 19.4. The first-order valence-electron chi connectivity index (χ1n) is 4.29. The zero-order chi connectivity index (χ0) is 8.32. The van der Waals surface area contributed by atoms with Crippen molar-refractivity contribution in [2.45, 2.75) is 26.7 Å². The Hall–Kier alpha value is -0.260.